The predicted molar refractivity (Wildman–Crippen MR) is 512 cm³/mol. The number of carbonyl (C=O) groups is 6. The summed E-state index contributed by atoms with van der Waals surface area (Å²) in [4.78, 5) is 102. The molecule has 4 N–H and O–H groups in total. The Balaban J connectivity index is 0.000000186. The summed E-state index contributed by atoms with van der Waals surface area (Å²) >= 11 is 25.6. The molecule has 2 unspecified atom stereocenters. The maximum atomic E-state index is 14.6. The molecule has 2 aliphatic carbocycles. The number of Topliss-reactive ketones (excluding diaryl/α,β-unsaturated/α-hetero) is 2. The number of ether oxygens (including phenoxy) is 1. The molecule has 0 saturated heterocycles. The van der Waals surface area contributed by atoms with Crippen LogP contribution in [0.2, 0.25) is 20.1 Å². The van der Waals surface area contributed by atoms with Crippen LogP contribution in [0.3, 0.4) is 0 Å². The number of aromatic amines is 2. The van der Waals surface area contributed by atoms with Gasteiger partial charge in [-0.25, -0.2) is 9.97 Å². The Bertz CT molecular complexity index is 5090. The summed E-state index contributed by atoms with van der Waals surface area (Å²) in [5, 5.41) is 20.8. The zero-order valence-electron chi connectivity index (χ0n) is 77.9. The molecule has 4 aliphatic rings. The minimum Gasteiger partial charge on any atom is -0.485 e. The quantitative estimate of drug-likeness (QED) is 0.0371. The van der Waals surface area contributed by atoms with Crippen molar-refractivity contribution in [2.24, 2.45) is 49.4 Å². The zero-order valence-corrected chi connectivity index (χ0v) is 81.0. The van der Waals surface area contributed by atoms with E-state index in [0.717, 1.165) is 99.5 Å². The first-order valence-electron chi connectivity index (χ1n) is 44.9. The smallest absolute Gasteiger partial charge is 0.275 e. The third-order valence-electron chi connectivity index (χ3n) is 25.4. The summed E-state index contributed by atoms with van der Waals surface area (Å²) in [6, 6.07) is 46.1. The Hall–Kier alpha value is -9.66. The van der Waals surface area contributed by atoms with Crippen molar-refractivity contribution >= 4 is 93.0 Å². The number of ketones is 2. The van der Waals surface area contributed by atoms with Gasteiger partial charge in [0.05, 0.1) is 25.2 Å². The van der Waals surface area contributed by atoms with Gasteiger partial charge in [-0.3, -0.25) is 44.2 Å². The monoisotopic (exact) mass is 1800 g/mol. The largest absolute Gasteiger partial charge is 0.485 e. The number of hydrogen-bond acceptors (Lipinski definition) is 13. The molecular weight excluding hydrogens is 1670 g/mol. The SMILES string of the molecule is CC(=O)CCCC(=O)c1ccc(C(Oc2cc(C)c(-c3ccc(C(C)(C)C)cc3)c(C)c2)C(C)C)cc1.CC(C)(C)CCC(c1ccc(C(=O)NCc2ncn[nH]2)cc1)N1C(=O)C(c2cc(Cl)cc(Cl)c2)=NC12CCC(C(C)(C)C)CC2.CC(C)(C)CC[C@H](c1ccc(C(=O)NCc2ncn[nH]2)cc1)N1C(=O)C(c2cc(Cl)cc(Cl)c2)=NC12CCC(C(C)(C)C)CC2. The molecule has 0 radical (unpaired) electrons. The number of halogens is 4. The number of carbonyl (C=O) groups excluding carboxylic acids is 6. The highest BCUT2D eigenvalue weighted by molar-refractivity contribution is 6.48. The van der Waals surface area contributed by atoms with Crippen molar-refractivity contribution < 1.29 is 33.5 Å². The Kier molecular flexibility index (Phi) is 31.6. The topological polar surface area (TPSA) is 250 Å². The highest BCUT2D eigenvalue weighted by Gasteiger charge is 2.55. The summed E-state index contributed by atoms with van der Waals surface area (Å²) < 4.78 is 6.55. The molecule has 127 heavy (non-hydrogen) atoms. The molecule has 9 aromatic rings. The summed E-state index contributed by atoms with van der Waals surface area (Å²) in [7, 11) is 0. The van der Waals surface area contributed by atoms with Crippen molar-refractivity contribution in [3.63, 3.8) is 0 Å². The molecule has 23 heteroatoms. The summed E-state index contributed by atoms with van der Waals surface area (Å²) in [5.41, 5.74) is 12.3. The molecule has 7 aromatic carbocycles. The molecule has 2 spiro atoms. The number of nitrogens with zero attached hydrogens (tertiary/aromatic N) is 8. The van der Waals surface area contributed by atoms with Crippen LogP contribution in [0.4, 0.5) is 0 Å². The van der Waals surface area contributed by atoms with Gasteiger partial charge in [-0.05, 0) is 266 Å². The number of rotatable bonds is 26. The van der Waals surface area contributed by atoms with Crippen LogP contribution in [0, 0.1) is 53.3 Å². The van der Waals surface area contributed by atoms with Gasteiger partial charge in [-0.1, -0.05) is 237 Å². The number of nitrogens with one attached hydrogen (secondary N) is 4. The third-order valence-corrected chi connectivity index (χ3v) is 26.3. The van der Waals surface area contributed by atoms with Gasteiger partial charge in [-0.15, -0.1) is 0 Å². The van der Waals surface area contributed by atoms with Crippen molar-refractivity contribution in [3.05, 3.63) is 251 Å². The normalized spacial score (nSPS) is 18.7. The van der Waals surface area contributed by atoms with Gasteiger partial charge in [-0.2, -0.15) is 10.2 Å². The van der Waals surface area contributed by atoms with Crippen LogP contribution in [-0.2, 0) is 32.9 Å². The van der Waals surface area contributed by atoms with Crippen molar-refractivity contribution in [3.8, 4) is 16.9 Å². The number of aryl methyl sites for hydroxylation is 2. The highest BCUT2D eigenvalue weighted by atomic mass is 35.5. The minimum atomic E-state index is -0.668. The van der Waals surface area contributed by atoms with E-state index in [9.17, 15) is 28.8 Å². The van der Waals surface area contributed by atoms with Gasteiger partial charge in [0.1, 0.15) is 64.7 Å². The van der Waals surface area contributed by atoms with Crippen LogP contribution in [0.25, 0.3) is 11.1 Å². The number of benzene rings is 7. The standard InChI is InChI=1S/2C35H44Cl2N6O2.C34H42O3/c2*1-33(2,3)14-13-28(22-7-9-23(10-8-22)31(44)38-20-29-39-21-40-42-29)43-32(45)30(24-17-26(36)19-27(37)18-24)41-35(43)15-11-25(12-16-35)34(4,5)6;1-22(2)33(28-14-12-26(13-15-28)31(36)11-9-10-25(5)35)37-30-20-23(3)32(24(4)21-30)27-16-18-29(19-17-27)34(6,7)8/h2*7-10,17-19,21,25,28H,11-16,20H2,1-6H3,(H,38,44)(H,39,40,42);12-22,33H,9-11H2,1-8H3/t25?,28-,35?;;/m1../s1. The first-order valence-corrected chi connectivity index (χ1v) is 46.4. The lowest BCUT2D eigenvalue weighted by Crippen LogP contribution is -2.51. The van der Waals surface area contributed by atoms with Crippen LogP contribution in [0.1, 0.15) is 326 Å². The van der Waals surface area contributed by atoms with Gasteiger partial charge in [0, 0.05) is 60.7 Å². The Morgan fingerprint density at radius 2 is 0.874 bits per heavy atom. The fraction of sp³-hybridized carbons (Fsp3) is 0.481. The highest BCUT2D eigenvalue weighted by Crippen LogP contribution is 2.53. The number of hydrogen-bond donors (Lipinski definition) is 4. The van der Waals surface area contributed by atoms with E-state index in [0.29, 0.717) is 102 Å². The maximum Gasteiger partial charge on any atom is 0.275 e. The van der Waals surface area contributed by atoms with Crippen molar-refractivity contribution in [1.82, 2.24) is 50.8 Å². The van der Waals surface area contributed by atoms with E-state index in [1.54, 1.807) is 43.3 Å². The second-order valence-corrected chi connectivity index (χ2v) is 42.9. The second-order valence-electron chi connectivity index (χ2n) is 41.2. The molecule has 2 saturated carbocycles. The molecule has 4 amide bonds. The fourth-order valence-electron chi connectivity index (χ4n) is 18.2. The van der Waals surface area contributed by atoms with Crippen LogP contribution in [0.5, 0.6) is 5.75 Å². The van der Waals surface area contributed by atoms with Gasteiger partial charge in [0.15, 0.2) is 5.78 Å². The average Bonchev–Trinajstić information content (AvgIpc) is 1.58. The summed E-state index contributed by atoms with van der Waals surface area (Å²) in [6.07, 6.45) is 14.5. The Morgan fingerprint density at radius 1 is 0.496 bits per heavy atom. The van der Waals surface area contributed by atoms with Crippen molar-refractivity contribution in [2.45, 2.75) is 283 Å². The lowest BCUT2D eigenvalue weighted by molar-refractivity contribution is -0.134. The van der Waals surface area contributed by atoms with Gasteiger partial charge < -0.3 is 30.0 Å². The first-order chi connectivity index (χ1) is 59.7. The molecule has 0 bridgehead atoms. The van der Waals surface area contributed by atoms with Crippen LogP contribution in [-0.4, -0.2) is 98.1 Å². The van der Waals surface area contributed by atoms with Crippen LogP contribution in [0.15, 0.2) is 168 Å². The lowest BCUT2D eigenvalue weighted by Gasteiger charge is -2.47. The van der Waals surface area contributed by atoms with E-state index in [-0.39, 0.29) is 99.5 Å². The van der Waals surface area contributed by atoms with E-state index < -0.39 is 11.3 Å². The Labute approximate surface area is 772 Å². The lowest BCUT2D eigenvalue weighted by atomic mass is 9.69. The molecule has 4 heterocycles. The molecule has 676 valence electrons. The third kappa shape index (κ3) is 25.5. The van der Waals surface area contributed by atoms with Crippen LogP contribution >= 0.6 is 46.4 Å². The molecule has 2 fully saturated rings. The number of H-pyrrole nitrogens is 2. The molecule has 19 nitrogen and oxygen atoms in total. The minimum absolute atomic E-state index is 0.0583. The fourth-order valence-corrected chi connectivity index (χ4v) is 19.2. The molecule has 3 atom stereocenters. The van der Waals surface area contributed by atoms with Crippen LogP contribution < -0.4 is 15.4 Å². The molecule has 2 aliphatic heterocycles. The average molecular weight is 1800 g/mol. The van der Waals surface area contributed by atoms with E-state index >= 15 is 0 Å². The number of aliphatic imine (C=N–C) groups is 2. The van der Waals surface area contributed by atoms with E-state index in [2.05, 4.69) is 219 Å². The van der Waals surface area contributed by atoms with Crippen molar-refractivity contribution in [2.75, 3.05) is 0 Å². The van der Waals surface area contributed by atoms with Crippen molar-refractivity contribution in [1.29, 1.82) is 0 Å². The first kappa shape index (κ1) is 97.9. The zero-order chi connectivity index (χ0) is 92.5. The van der Waals surface area contributed by atoms with Gasteiger partial charge in [0.25, 0.3) is 23.6 Å². The van der Waals surface area contributed by atoms with E-state index in [1.165, 1.54) is 40.5 Å². The predicted octanol–water partition coefficient (Wildman–Crippen LogP) is 25.3. The van der Waals surface area contributed by atoms with Gasteiger partial charge in [0.2, 0.25) is 0 Å². The van der Waals surface area contributed by atoms with E-state index in [1.807, 2.05) is 72.8 Å². The van der Waals surface area contributed by atoms with E-state index in [4.69, 9.17) is 61.1 Å². The number of amides is 4. The molecular formula is C104H130Cl4N12O7. The summed E-state index contributed by atoms with van der Waals surface area (Å²) in [5.74, 6) is 2.94. The maximum absolute atomic E-state index is 14.6. The Morgan fingerprint density at radius 3 is 1.21 bits per heavy atom. The summed E-state index contributed by atoms with van der Waals surface area (Å²) in [6.45, 7) is 44.5. The number of aromatic nitrogens is 6. The molecule has 13 rings (SSSR count). The molecule has 2 aromatic heterocycles. The van der Waals surface area contributed by atoms with Gasteiger partial charge >= 0.3 is 0 Å². The second kappa shape index (κ2) is 41.0.